The van der Waals surface area contributed by atoms with Gasteiger partial charge in [-0.2, -0.15) is 0 Å². The molecule has 1 unspecified atom stereocenters. The molecule has 0 aliphatic carbocycles. The third kappa shape index (κ3) is 4.89. The Labute approximate surface area is 195 Å². The number of nitrogens with one attached hydrogen (secondary N) is 2. The zero-order valence-corrected chi connectivity index (χ0v) is 19.3. The highest BCUT2D eigenvalue weighted by atomic mass is 32.1. The van der Waals surface area contributed by atoms with E-state index in [0.29, 0.717) is 33.5 Å². The summed E-state index contributed by atoms with van der Waals surface area (Å²) in [4.78, 5) is 31.7. The number of methoxy groups -OCH3 is 3. The van der Waals surface area contributed by atoms with Gasteiger partial charge in [0.25, 0.3) is 5.91 Å². The van der Waals surface area contributed by atoms with Gasteiger partial charge in [-0.25, -0.2) is 14.7 Å². The second-order valence-corrected chi connectivity index (χ2v) is 8.36. The van der Waals surface area contributed by atoms with Crippen LogP contribution >= 0.6 is 11.3 Å². The molecule has 3 aromatic rings. The van der Waals surface area contributed by atoms with Crippen LogP contribution in [0, 0.1) is 0 Å². The number of nitrogens with zero attached hydrogens (tertiary/aromatic N) is 1. The fraction of sp³-hybridized carbons (Fsp3) is 0.208. The number of hydrogen-bond acceptors (Lipinski definition) is 7. The SMILES string of the molecule is COc1ccc(-c2cc3c(s2)C(=O)[NH+](CC(=O)NCc2ccc(OC)c(OC)c2)C=N3)cc1. The Bertz CT molecular complexity index is 1200. The maximum Gasteiger partial charge on any atom is 0.362 e. The molecule has 0 fully saturated rings. The van der Waals surface area contributed by atoms with E-state index >= 15 is 0 Å². The minimum absolute atomic E-state index is 0.0369. The van der Waals surface area contributed by atoms with E-state index < -0.39 is 0 Å². The number of quaternary nitrogens is 1. The quantitative estimate of drug-likeness (QED) is 0.532. The summed E-state index contributed by atoms with van der Waals surface area (Å²) in [6.07, 6.45) is 1.49. The predicted octanol–water partition coefficient (Wildman–Crippen LogP) is 2.46. The highest BCUT2D eigenvalue weighted by Gasteiger charge is 2.31. The van der Waals surface area contributed by atoms with Gasteiger partial charge in [-0.3, -0.25) is 4.79 Å². The number of fused-ring (bicyclic) bond motifs is 1. The van der Waals surface area contributed by atoms with E-state index in [1.54, 1.807) is 33.5 Å². The number of thiophene rings is 1. The van der Waals surface area contributed by atoms with Crippen LogP contribution in [0.1, 0.15) is 15.2 Å². The lowest BCUT2D eigenvalue weighted by molar-refractivity contribution is -0.695. The van der Waals surface area contributed by atoms with Gasteiger partial charge < -0.3 is 19.5 Å². The van der Waals surface area contributed by atoms with E-state index in [-0.39, 0.29) is 18.4 Å². The molecule has 1 atom stereocenters. The Morgan fingerprint density at radius 2 is 1.76 bits per heavy atom. The number of hydrogen-bond donors (Lipinski definition) is 2. The van der Waals surface area contributed by atoms with E-state index in [1.165, 1.54) is 17.7 Å². The zero-order valence-electron chi connectivity index (χ0n) is 18.5. The van der Waals surface area contributed by atoms with Crippen LogP contribution in [0.4, 0.5) is 5.69 Å². The Morgan fingerprint density at radius 3 is 2.45 bits per heavy atom. The standard InChI is InChI=1S/C24H23N3O5S/c1-30-17-7-5-16(6-8-17)21-11-18-23(33-21)24(29)27(14-26-18)13-22(28)25-12-15-4-9-19(31-2)20(10-15)32-3/h4-11,14H,12-13H2,1-3H3,(H,25,28)/p+1. The highest BCUT2D eigenvalue weighted by molar-refractivity contribution is 7.18. The fourth-order valence-electron chi connectivity index (χ4n) is 3.44. The molecule has 2 aromatic carbocycles. The normalized spacial score (nSPS) is 14.5. The lowest BCUT2D eigenvalue weighted by Gasteiger charge is -2.14. The number of carbonyl (C=O) groups is 2. The zero-order chi connectivity index (χ0) is 23.4. The van der Waals surface area contributed by atoms with E-state index in [4.69, 9.17) is 14.2 Å². The summed E-state index contributed by atoms with van der Waals surface area (Å²) in [6, 6.07) is 15.0. The minimum Gasteiger partial charge on any atom is -0.497 e. The molecule has 1 aromatic heterocycles. The summed E-state index contributed by atoms with van der Waals surface area (Å²) in [6.45, 7) is 0.272. The molecule has 0 saturated heterocycles. The molecule has 0 radical (unpaired) electrons. The van der Waals surface area contributed by atoms with E-state index in [2.05, 4.69) is 10.3 Å². The van der Waals surface area contributed by atoms with Crippen molar-refractivity contribution >= 4 is 35.2 Å². The molecule has 170 valence electrons. The van der Waals surface area contributed by atoms with Gasteiger partial charge in [0.15, 0.2) is 29.3 Å². The van der Waals surface area contributed by atoms with Crippen LogP contribution < -0.4 is 24.4 Å². The summed E-state index contributed by atoms with van der Waals surface area (Å²) < 4.78 is 15.7. The van der Waals surface area contributed by atoms with Crippen molar-refractivity contribution in [1.29, 1.82) is 0 Å². The van der Waals surface area contributed by atoms with Crippen LogP contribution in [0.5, 0.6) is 17.2 Å². The second-order valence-electron chi connectivity index (χ2n) is 7.31. The largest absolute Gasteiger partial charge is 0.497 e. The molecule has 0 bridgehead atoms. The van der Waals surface area contributed by atoms with Gasteiger partial charge in [0.05, 0.1) is 27.0 Å². The Kier molecular flexibility index (Phi) is 6.71. The first-order chi connectivity index (χ1) is 16.0. The molecule has 0 saturated carbocycles. The second kappa shape index (κ2) is 9.85. The van der Waals surface area contributed by atoms with Crippen molar-refractivity contribution in [2.45, 2.75) is 6.54 Å². The van der Waals surface area contributed by atoms with Crippen molar-refractivity contribution in [2.75, 3.05) is 27.9 Å². The monoisotopic (exact) mass is 466 g/mol. The lowest BCUT2D eigenvalue weighted by Crippen LogP contribution is -3.15. The maximum absolute atomic E-state index is 13.0. The molecule has 33 heavy (non-hydrogen) atoms. The smallest absolute Gasteiger partial charge is 0.362 e. The average Bonchev–Trinajstić information content (AvgIpc) is 3.29. The van der Waals surface area contributed by atoms with Gasteiger partial charge in [0, 0.05) is 11.4 Å². The number of aliphatic imine (C=N–C) groups is 1. The van der Waals surface area contributed by atoms with Crippen molar-refractivity contribution in [2.24, 2.45) is 4.99 Å². The number of amides is 2. The number of ether oxygens (including phenoxy) is 3. The van der Waals surface area contributed by atoms with E-state index in [9.17, 15) is 9.59 Å². The molecule has 2 amide bonds. The third-order valence-corrected chi connectivity index (χ3v) is 6.41. The first-order valence-electron chi connectivity index (χ1n) is 10.2. The van der Waals surface area contributed by atoms with Crippen LogP contribution in [0.15, 0.2) is 53.5 Å². The molecule has 1 aliphatic heterocycles. The van der Waals surface area contributed by atoms with E-state index in [0.717, 1.165) is 21.8 Å². The summed E-state index contributed by atoms with van der Waals surface area (Å²) in [5.74, 6) is 1.56. The maximum atomic E-state index is 13.0. The van der Waals surface area contributed by atoms with Crippen molar-refractivity contribution in [3.63, 3.8) is 0 Å². The Morgan fingerprint density at radius 1 is 1.00 bits per heavy atom. The number of benzene rings is 2. The molecule has 4 rings (SSSR count). The topological polar surface area (TPSA) is 90.7 Å². The molecular formula is C24H24N3O5S+. The Balaban J connectivity index is 1.39. The van der Waals surface area contributed by atoms with Crippen molar-refractivity contribution in [3.05, 3.63) is 59.0 Å². The minimum atomic E-state index is -0.255. The average molecular weight is 467 g/mol. The molecule has 9 heteroatoms. The lowest BCUT2D eigenvalue weighted by atomic mass is 10.1. The van der Waals surface area contributed by atoms with Gasteiger partial charge in [-0.15, -0.1) is 11.3 Å². The number of carbonyl (C=O) groups excluding carboxylic acids is 2. The fourth-order valence-corrected chi connectivity index (χ4v) is 4.53. The summed E-state index contributed by atoms with van der Waals surface area (Å²) >= 11 is 1.38. The summed E-state index contributed by atoms with van der Waals surface area (Å²) in [5, 5.41) is 2.84. The van der Waals surface area contributed by atoms with Crippen LogP contribution in [0.3, 0.4) is 0 Å². The van der Waals surface area contributed by atoms with Crippen LogP contribution in [-0.2, 0) is 11.3 Å². The molecule has 8 nitrogen and oxygen atoms in total. The van der Waals surface area contributed by atoms with Crippen LogP contribution in [0.25, 0.3) is 10.4 Å². The van der Waals surface area contributed by atoms with Crippen LogP contribution in [-0.4, -0.2) is 46.0 Å². The van der Waals surface area contributed by atoms with Gasteiger partial charge in [0.2, 0.25) is 0 Å². The molecule has 0 spiro atoms. The van der Waals surface area contributed by atoms with Crippen molar-refractivity contribution < 1.29 is 28.7 Å². The summed E-state index contributed by atoms with van der Waals surface area (Å²) in [7, 11) is 4.75. The van der Waals surface area contributed by atoms with Crippen LogP contribution in [0.2, 0.25) is 0 Å². The van der Waals surface area contributed by atoms with Gasteiger partial charge in [-0.05, 0) is 53.6 Å². The Hall–Kier alpha value is -3.69. The van der Waals surface area contributed by atoms with Gasteiger partial charge in [-0.1, -0.05) is 6.07 Å². The molecule has 2 heterocycles. The summed E-state index contributed by atoms with van der Waals surface area (Å²) in [5.41, 5.74) is 2.47. The molecule has 2 N–H and O–H groups in total. The van der Waals surface area contributed by atoms with Crippen molar-refractivity contribution in [3.8, 4) is 27.7 Å². The third-order valence-electron chi connectivity index (χ3n) is 5.23. The van der Waals surface area contributed by atoms with Gasteiger partial charge >= 0.3 is 5.91 Å². The molecular weight excluding hydrogens is 442 g/mol. The molecule has 1 aliphatic rings. The predicted molar refractivity (Wildman–Crippen MR) is 126 cm³/mol. The van der Waals surface area contributed by atoms with Crippen molar-refractivity contribution in [1.82, 2.24) is 5.32 Å². The first kappa shape index (κ1) is 22.5. The highest BCUT2D eigenvalue weighted by Crippen LogP contribution is 2.37. The first-order valence-corrected chi connectivity index (χ1v) is 11.0. The number of rotatable bonds is 8. The van der Waals surface area contributed by atoms with E-state index in [1.807, 2.05) is 36.4 Å². The van der Waals surface area contributed by atoms with Gasteiger partial charge in [0.1, 0.15) is 5.75 Å².